The molecule has 0 spiro atoms. The van der Waals surface area contributed by atoms with Crippen LogP contribution in [0.5, 0.6) is 0 Å². The first kappa shape index (κ1) is 16.1. The summed E-state index contributed by atoms with van der Waals surface area (Å²) in [5, 5.41) is 7.21. The predicted molar refractivity (Wildman–Crippen MR) is 80.1 cm³/mol. The van der Waals surface area contributed by atoms with E-state index >= 15 is 0 Å². The average molecular weight is 289 g/mol. The largest absolute Gasteiger partial charge is 0.397 e. The van der Waals surface area contributed by atoms with Crippen LogP contribution in [0.1, 0.15) is 5.56 Å². The van der Waals surface area contributed by atoms with E-state index < -0.39 is 5.82 Å². The maximum Gasteiger partial charge on any atom is 0.144 e. The number of rotatable bonds is 6. The number of aliphatic imine (C=N–C) groups is 1. The van der Waals surface area contributed by atoms with Gasteiger partial charge in [-0.2, -0.15) is 0 Å². The van der Waals surface area contributed by atoms with Gasteiger partial charge in [-0.3, -0.25) is 15.2 Å². The number of nitrogens with zero attached hydrogens (tertiary/aromatic N) is 1. The second-order valence-electron chi connectivity index (χ2n) is 4.06. The van der Waals surface area contributed by atoms with Gasteiger partial charge in [0, 0.05) is 11.6 Å². The van der Waals surface area contributed by atoms with Crippen molar-refractivity contribution in [2.45, 2.75) is 6.54 Å². The number of benzene rings is 1. The average Bonchev–Trinajstić information content (AvgIpc) is 2.44. The van der Waals surface area contributed by atoms with Gasteiger partial charge in [-0.15, -0.1) is 0 Å². The number of allylic oxidation sites excluding steroid dienone is 2. The maximum absolute atomic E-state index is 13.5. The lowest BCUT2D eigenvalue weighted by atomic mass is 10.2. The van der Waals surface area contributed by atoms with E-state index in [-0.39, 0.29) is 29.5 Å². The quantitative estimate of drug-likeness (QED) is 0.264. The van der Waals surface area contributed by atoms with Crippen LogP contribution in [-0.2, 0) is 11.3 Å². The Kier molecular flexibility index (Phi) is 5.81. The zero-order chi connectivity index (χ0) is 15.8. The van der Waals surface area contributed by atoms with Crippen LogP contribution in [0.3, 0.4) is 0 Å². The van der Waals surface area contributed by atoms with Gasteiger partial charge in [0.15, 0.2) is 0 Å². The Morgan fingerprint density at radius 1 is 1.24 bits per heavy atom. The van der Waals surface area contributed by atoms with Gasteiger partial charge in [0.1, 0.15) is 17.9 Å². The number of nitrogens with one attached hydrogen (secondary N) is 1. The number of hydrogen-bond donors (Lipinski definition) is 4. The molecule has 7 N–H and O–H groups in total. The molecule has 0 radical (unpaired) electrons. The number of carbonyl (C=O) groups is 1. The molecule has 0 aliphatic rings. The van der Waals surface area contributed by atoms with Crippen LogP contribution in [0.4, 0.5) is 4.39 Å². The normalized spacial score (nSPS) is 13.1. The first-order chi connectivity index (χ1) is 9.95. The maximum atomic E-state index is 13.5. The van der Waals surface area contributed by atoms with Crippen molar-refractivity contribution in [3.63, 3.8) is 0 Å². The van der Waals surface area contributed by atoms with E-state index in [1.54, 1.807) is 18.2 Å². The summed E-state index contributed by atoms with van der Waals surface area (Å²) in [5.74, 6) is -0.755. The zero-order valence-electron chi connectivity index (χ0n) is 11.2. The number of hydrogen-bond acceptors (Lipinski definition) is 5. The first-order valence-electron chi connectivity index (χ1n) is 5.96. The van der Waals surface area contributed by atoms with Crippen molar-refractivity contribution in [1.82, 2.24) is 0 Å². The molecule has 0 saturated heterocycles. The second kappa shape index (κ2) is 7.59. The second-order valence-corrected chi connectivity index (χ2v) is 4.06. The van der Waals surface area contributed by atoms with Crippen molar-refractivity contribution in [3.05, 3.63) is 59.2 Å². The van der Waals surface area contributed by atoms with Crippen LogP contribution >= 0.6 is 0 Å². The fourth-order valence-corrected chi connectivity index (χ4v) is 1.40. The molecule has 1 aromatic rings. The molecular formula is C14H16FN5O. The first-order valence-corrected chi connectivity index (χ1v) is 5.96. The van der Waals surface area contributed by atoms with Gasteiger partial charge in [0.05, 0.1) is 23.7 Å². The molecule has 0 aliphatic heterocycles. The topological polar surface area (TPSA) is 131 Å². The minimum atomic E-state index is -0.401. The van der Waals surface area contributed by atoms with E-state index in [0.29, 0.717) is 11.8 Å². The highest BCUT2D eigenvalue weighted by atomic mass is 19.1. The standard InChI is InChI=1S/C14H16FN5O/c15-10-4-2-1-3-9(10)8-20-13(11(16)5-6-21)7-12(17)14(18)19/h1-7H,8,16-17H2,(H3,18,19). The van der Waals surface area contributed by atoms with Gasteiger partial charge < -0.3 is 17.2 Å². The summed E-state index contributed by atoms with van der Waals surface area (Å²) < 4.78 is 13.5. The highest BCUT2D eigenvalue weighted by Crippen LogP contribution is 2.08. The molecule has 0 amide bonds. The summed E-state index contributed by atoms with van der Waals surface area (Å²) in [6, 6.07) is 6.14. The monoisotopic (exact) mass is 289 g/mol. The third-order valence-corrected chi connectivity index (χ3v) is 2.52. The van der Waals surface area contributed by atoms with Gasteiger partial charge in [-0.25, -0.2) is 4.39 Å². The summed E-state index contributed by atoms with van der Waals surface area (Å²) in [7, 11) is 0. The van der Waals surface area contributed by atoms with Gasteiger partial charge >= 0.3 is 0 Å². The Bertz CT molecular complexity index is 634. The van der Waals surface area contributed by atoms with Crippen LogP contribution in [0.25, 0.3) is 0 Å². The Morgan fingerprint density at radius 3 is 2.48 bits per heavy atom. The Morgan fingerprint density at radius 2 is 1.90 bits per heavy atom. The number of halogens is 1. The van der Waals surface area contributed by atoms with Crippen LogP contribution in [-0.4, -0.2) is 17.8 Å². The zero-order valence-corrected chi connectivity index (χ0v) is 11.2. The van der Waals surface area contributed by atoms with Crippen molar-refractivity contribution in [3.8, 4) is 0 Å². The smallest absolute Gasteiger partial charge is 0.144 e. The summed E-state index contributed by atoms with van der Waals surface area (Å²) in [6.45, 7) is 0.0110. The van der Waals surface area contributed by atoms with Crippen LogP contribution in [0, 0.1) is 11.2 Å². The lowest BCUT2D eigenvalue weighted by Crippen LogP contribution is -2.22. The highest BCUT2D eigenvalue weighted by Gasteiger charge is 2.05. The molecule has 0 aromatic heterocycles. The number of aldehydes is 1. The fourth-order valence-electron chi connectivity index (χ4n) is 1.40. The Balaban J connectivity index is 3.12. The Labute approximate surface area is 121 Å². The molecule has 21 heavy (non-hydrogen) atoms. The SMILES string of the molecule is N=C(N)C(N)=CC(=NCc1ccccc1F)C(N)=CC=O. The van der Waals surface area contributed by atoms with Crippen molar-refractivity contribution in [2.75, 3.05) is 0 Å². The molecule has 0 saturated carbocycles. The van der Waals surface area contributed by atoms with Crippen LogP contribution in [0.2, 0.25) is 0 Å². The number of carbonyl (C=O) groups excluding carboxylic acids is 1. The van der Waals surface area contributed by atoms with E-state index in [2.05, 4.69) is 4.99 Å². The summed E-state index contributed by atoms with van der Waals surface area (Å²) >= 11 is 0. The van der Waals surface area contributed by atoms with Crippen molar-refractivity contribution in [1.29, 1.82) is 5.41 Å². The number of amidine groups is 1. The van der Waals surface area contributed by atoms with Crippen molar-refractivity contribution in [2.24, 2.45) is 22.2 Å². The highest BCUT2D eigenvalue weighted by molar-refractivity contribution is 6.13. The lowest BCUT2D eigenvalue weighted by Gasteiger charge is -2.05. The third kappa shape index (κ3) is 4.90. The summed E-state index contributed by atoms with van der Waals surface area (Å²) in [5.41, 5.74) is 17.0. The molecule has 110 valence electrons. The summed E-state index contributed by atoms with van der Waals surface area (Å²) in [6.07, 6.45) is 2.84. The fraction of sp³-hybridized carbons (Fsp3) is 0.0714. The van der Waals surface area contributed by atoms with Gasteiger partial charge in [0.25, 0.3) is 0 Å². The van der Waals surface area contributed by atoms with Crippen LogP contribution < -0.4 is 17.2 Å². The summed E-state index contributed by atoms with van der Waals surface area (Å²) in [4.78, 5) is 14.6. The van der Waals surface area contributed by atoms with E-state index in [9.17, 15) is 9.18 Å². The third-order valence-electron chi connectivity index (χ3n) is 2.52. The molecule has 0 heterocycles. The van der Waals surface area contributed by atoms with Gasteiger partial charge in [0.2, 0.25) is 0 Å². The molecule has 0 fully saturated rings. The van der Waals surface area contributed by atoms with Crippen molar-refractivity contribution < 1.29 is 9.18 Å². The molecular weight excluding hydrogens is 273 g/mol. The lowest BCUT2D eigenvalue weighted by molar-refractivity contribution is -0.104. The molecule has 1 rings (SSSR count). The molecule has 7 heteroatoms. The molecule has 1 aromatic carbocycles. The van der Waals surface area contributed by atoms with Crippen LogP contribution in [0.15, 0.2) is 52.8 Å². The minimum Gasteiger partial charge on any atom is -0.397 e. The minimum absolute atomic E-state index is 0.0110. The van der Waals surface area contributed by atoms with E-state index in [4.69, 9.17) is 22.6 Å². The molecule has 0 bridgehead atoms. The van der Waals surface area contributed by atoms with E-state index in [1.165, 1.54) is 12.1 Å². The molecule has 0 atom stereocenters. The van der Waals surface area contributed by atoms with E-state index in [1.807, 2.05) is 0 Å². The van der Waals surface area contributed by atoms with E-state index in [0.717, 1.165) is 6.08 Å². The predicted octanol–water partition coefficient (Wildman–Crippen LogP) is 0.587. The van der Waals surface area contributed by atoms with Gasteiger partial charge in [-0.05, 0) is 12.1 Å². The molecule has 0 aliphatic carbocycles. The molecule has 0 unspecified atom stereocenters. The van der Waals surface area contributed by atoms with Gasteiger partial charge in [-0.1, -0.05) is 18.2 Å². The number of nitrogens with two attached hydrogens (primary N) is 3. The Hall–Kier alpha value is -2.96. The van der Waals surface area contributed by atoms with Crippen molar-refractivity contribution >= 4 is 17.8 Å². The molecule has 6 nitrogen and oxygen atoms in total.